The van der Waals surface area contributed by atoms with E-state index in [4.69, 9.17) is 11.6 Å². The minimum absolute atomic E-state index is 0.0169. The number of nitrogens with zero attached hydrogens (tertiary/aromatic N) is 3. The van der Waals surface area contributed by atoms with Crippen molar-refractivity contribution in [3.63, 3.8) is 0 Å². The van der Waals surface area contributed by atoms with Gasteiger partial charge in [0, 0.05) is 6.20 Å². The second kappa shape index (κ2) is 3.56. The molecule has 1 saturated carbocycles. The molecule has 16 heavy (non-hydrogen) atoms. The lowest BCUT2D eigenvalue weighted by Gasteiger charge is -2.11. The van der Waals surface area contributed by atoms with Crippen molar-refractivity contribution in [2.24, 2.45) is 11.0 Å². The summed E-state index contributed by atoms with van der Waals surface area (Å²) in [5, 5.41) is 6.03. The van der Waals surface area contributed by atoms with E-state index in [0.29, 0.717) is 23.2 Å². The quantitative estimate of drug-likeness (QED) is 0.738. The third-order valence-corrected chi connectivity index (χ3v) is 3.10. The molecule has 4 nitrogen and oxygen atoms in total. The maximum Gasteiger partial charge on any atom is 0.253 e. The number of carbonyl (C=O) groups excluding carboxylic acids is 1. The van der Waals surface area contributed by atoms with Gasteiger partial charge in [-0.25, -0.2) is 4.98 Å². The fraction of sp³-hybridized carbons (Fsp3) is 0.364. The standard InChI is InChI=1S/C11H10ClN3O/c12-11-9(2-1-5-13-11)15-10(16)6-8(14-15)7-3-4-7/h1-2,5,7H,3-4,6H2. The lowest BCUT2D eigenvalue weighted by atomic mass is 10.2. The maximum absolute atomic E-state index is 11.8. The average Bonchev–Trinajstić information content (AvgIpc) is 3.04. The Morgan fingerprint density at radius 1 is 1.44 bits per heavy atom. The molecule has 1 amide bonds. The fourth-order valence-electron chi connectivity index (χ4n) is 1.82. The van der Waals surface area contributed by atoms with Crippen LogP contribution >= 0.6 is 11.6 Å². The molecular formula is C11H10ClN3O. The van der Waals surface area contributed by atoms with Gasteiger partial charge in [0.25, 0.3) is 5.91 Å². The van der Waals surface area contributed by atoms with E-state index in [0.717, 1.165) is 18.6 Å². The fourth-order valence-corrected chi connectivity index (χ4v) is 2.02. The van der Waals surface area contributed by atoms with E-state index in [2.05, 4.69) is 10.1 Å². The minimum Gasteiger partial charge on any atom is -0.272 e. The average molecular weight is 236 g/mol. The van der Waals surface area contributed by atoms with Gasteiger partial charge in [-0.15, -0.1) is 0 Å². The van der Waals surface area contributed by atoms with Crippen LogP contribution in [0.1, 0.15) is 19.3 Å². The molecule has 82 valence electrons. The largest absolute Gasteiger partial charge is 0.272 e. The van der Waals surface area contributed by atoms with Crippen LogP contribution in [0.3, 0.4) is 0 Å². The molecule has 1 aromatic heterocycles. The highest BCUT2D eigenvalue weighted by Crippen LogP contribution is 2.36. The Balaban J connectivity index is 1.95. The summed E-state index contributed by atoms with van der Waals surface area (Å²) in [6.45, 7) is 0. The first-order valence-electron chi connectivity index (χ1n) is 5.26. The Kier molecular flexibility index (Phi) is 2.17. The number of pyridine rings is 1. The number of aromatic nitrogens is 1. The molecule has 0 saturated heterocycles. The molecule has 0 unspecified atom stereocenters. The first-order valence-corrected chi connectivity index (χ1v) is 5.64. The van der Waals surface area contributed by atoms with Gasteiger partial charge in [-0.1, -0.05) is 11.6 Å². The second-order valence-corrected chi connectivity index (χ2v) is 4.42. The van der Waals surface area contributed by atoms with Crippen LogP contribution in [0.15, 0.2) is 23.4 Å². The molecule has 5 heteroatoms. The molecule has 2 heterocycles. The van der Waals surface area contributed by atoms with Crippen molar-refractivity contribution in [1.82, 2.24) is 4.98 Å². The van der Waals surface area contributed by atoms with Crippen molar-refractivity contribution in [1.29, 1.82) is 0 Å². The van der Waals surface area contributed by atoms with Crippen LogP contribution in [-0.2, 0) is 4.79 Å². The summed E-state index contributed by atoms with van der Waals surface area (Å²) >= 11 is 5.94. The van der Waals surface area contributed by atoms with Crippen LogP contribution in [-0.4, -0.2) is 16.6 Å². The van der Waals surface area contributed by atoms with E-state index >= 15 is 0 Å². The molecule has 0 aromatic carbocycles. The topological polar surface area (TPSA) is 45.6 Å². The molecule has 3 rings (SSSR count). The number of halogens is 1. The van der Waals surface area contributed by atoms with Crippen molar-refractivity contribution in [2.75, 3.05) is 5.01 Å². The van der Waals surface area contributed by atoms with Gasteiger partial charge in [0.1, 0.15) is 5.69 Å². The predicted octanol–water partition coefficient (Wildman–Crippen LogP) is 2.24. The highest BCUT2D eigenvalue weighted by molar-refractivity contribution is 6.33. The van der Waals surface area contributed by atoms with Crippen molar-refractivity contribution < 1.29 is 4.79 Å². The molecule has 0 spiro atoms. The van der Waals surface area contributed by atoms with Gasteiger partial charge in [0.05, 0.1) is 12.1 Å². The molecule has 1 aliphatic heterocycles. The maximum atomic E-state index is 11.8. The Morgan fingerprint density at radius 2 is 2.25 bits per heavy atom. The Morgan fingerprint density at radius 3 is 2.94 bits per heavy atom. The molecule has 0 bridgehead atoms. The van der Waals surface area contributed by atoms with Crippen LogP contribution < -0.4 is 5.01 Å². The SMILES string of the molecule is O=C1CC(C2CC2)=NN1c1cccnc1Cl. The second-order valence-electron chi connectivity index (χ2n) is 4.06. The molecule has 1 aromatic rings. The van der Waals surface area contributed by atoms with Crippen molar-refractivity contribution in [2.45, 2.75) is 19.3 Å². The smallest absolute Gasteiger partial charge is 0.253 e. The highest BCUT2D eigenvalue weighted by Gasteiger charge is 2.36. The van der Waals surface area contributed by atoms with Gasteiger partial charge >= 0.3 is 0 Å². The first-order chi connectivity index (χ1) is 7.75. The van der Waals surface area contributed by atoms with Crippen LogP contribution in [0.2, 0.25) is 5.15 Å². The summed E-state index contributed by atoms with van der Waals surface area (Å²) in [7, 11) is 0. The summed E-state index contributed by atoms with van der Waals surface area (Å²) in [6.07, 6.45) is 4.33. The zero-order chi connectivity index (χ0) is 11.1. The van der Waals surface area contributed by atoms with E-state index in [-0.39, 0.29) is 5.91 Å². The number of carbonyl (C=O) groups is 1. The van der Waals surface area contributed by atoms with E-state index in [1.54, 1.807) is 18.3 Å². The molecule has 2 aliphatic rings. The lowest BCUT2D eigenvalue weighted by molar-refractivity contribution is -0.116. The third-order valence-electron chi connectivity index (χ3n) is 2.81. The Hall–Kier alpha value is -1.42. The first kappa shape index (κ1) is 9.78. The number of anilines is 1. The van der Waals surface area contributed by atoms with Gasteiger partial charge in [-0.3, -0.25) is 4.79 Å². The molecule has 0 N–H and O–H groups in total. The van der Waals surface area contributed by atoms with Crippen LogP contribution in [0.5, 0.6) is 0 Å². The van der Waals surface area contributed by atoms with Gasteiger partial charge < -0.3 is 0 Å². The van der Waals surface area contributed by atoms with Crippen LogP contribution in [0, 0.1) is 5.92 Å². The van der Waals surface area contributed by atoms with Crippen molar-refractivity contribution >= 4 is 28.9 Å². The van der Waals surface area contributed by atoms with Crippen LogP contribution in [0.4, 0.5) is 5.69 Å². The number of hydrazone groups is 1. The summed E-state index contributed by atoms with van der Waals surface area (Å²) < 4.78 is 0. The summed E-state index contributed by atoms with van der Waals surface area (Å²) in [4.78, 5) is 15.7. The van der Waals surface area contributed by atoms with Crippen molar-refractivity contribution in [3.05, 3.63) is 23.5 Å². The summed E-state index contributed by atoms with van der Waals surface area (Å²) in [5.41, 5.74) is 1.56. The van der Waals surface area contributed by atoms with Gasteiger partial charge in [-0.2, -0.15) is 10.1 Å². The zero-order valence-corrected chi connectivity index (χ0v) is 9.31. The van der Waals surface area contributed by atoms with E-state index < -0.39 is 0 Å². The zero-order valence-electron chi connectivity index (χ0n) is 8.56. The molecule has 1 aliphatic carbocycles. The van der Waals surface area contributed by atoms with Gasteiger partial charge in [0.2, 0.25) is 0 Å². The molecule has 1 fully saturated rings. The summed E-state index contributed by atoms with van der Waals surface area (Å²) in [5.74, 6) is 0.501. The van der Waals surface area contributed by atoms with E-state index in [1.807, 2.05) is 0 Å². The Bertz CT molecular complexity index is 482. The normalized spacial score (nSPS) is 20.2. The third kappa shape index (κ3) is 1.59. The van der Waals surface area contributed by atoms with Gasteiger partial charge in [-0.05, 0) is 30.9 Å². The molecule has 0 atom stereocenters. The number of amides is 1. The highest BCUT2D eigenvalue weighted by atomic mass is 35.5. The summed E-state index contributed by atoms with van der Waals surface area (Å²) in [6, 6.07) is 3.51. The van der Waals surface area contributed by atoms with E-state index in [9.17, 15) is 4.79 Å². The molecule has 0 radical (unpaired) electrons. The minimum atomic E-state index is -0.0169. The van der Waals surface area contributed by atoms with Crippen molar-refractivity contribution in [3.8, 4) is 0 Å². The molecular weight excluding hydrogens is 226 g/mol. The van der Waals surface area contributed by atoms with Crippen LogP contribution in [0.25, 0.3) is 0 Å². The predicted molar refractivity (Wildman–Crippen MR) is 61.5 cm³/mol. The number of rotatable bonds is 2. The van der Waals surface area contributed by atoms with Gasteiger partial charge in [0.15, 0.2) is 5.15 Å². The van der Waals surface area contributed by atoms with E-state index in [1.165, 1.54) is 5.01 Å². The Labute approximate surface area is 97.9 Å². The number of hydrogen-bond acceptors (Lipinski definition) is 3. The number of hydrogen-bond donors (Lipinski definition) is 0. The lowest BCUT2D eigenvalue weighted by Crippen LogP contribution is -2.20. The monoisotopic (exact) mass is 235 g/mol.